The highest BCUT2D eigenvalue weighted by Gasteiger charge is 2.61. The molecule has 0 aromatic rings. The molecule has 3 fully saturated rings. The number of allylic oxidation sites excluding steroid dienone is 2. The topological polar surface area (TPSA) is 40.9 Å². The maximum absolute atomic E-state index is 13.2. The van der Waals surface area contributed by atoms with Crippen molar-refractivity contribution in [2.24, 2.45) is 40.4 Å². The van der Waals surface area contributed by atoms with E-state index < -0.39 is 0 Å². The first-order valence-corrected chi connectivity index (χ1v) is 9.53. The van der Waals surface area contributed by atoms with E-state index in [-0.39, 0.29) is 16.7 Å². The number of ketones is 1. The number of rotatable bonds is 0. The molecule has 0 bridgehead atoms. The van der Waals surface area contributed by atoms with E-state index in [1.165, 1.54) is 32.1 Å². The number of nitriles is 1. The summed E-state index contributed by atoms with van der Waals surface area (Å²) >= 11 is 0. The zero-order valence-electron chi connectivity index (χ0n) is 14.8. The number of carbonyl (C=O) groups is 1. The molecule has 0 aromatic heterocycles. The molecule has 4 rings (SSSR count). The van der Waals surface area contributed by atoms with Gasteiger partial charge in [-0.25, -0.2) is 0 Å². The molecule has 124 valence electrons. The average Bonchev–Trinajstić information content (AvgIpc) is 2.83. The van der Waals surface area contributed by atoms with Crippen LogP contribution in [0, 0.1) is 51.8 Å². The van der Waals surface area contributed by atoms with Gasteiger partial charge in [0.25, 0.3) is 0 Å². The van der Waals surface area contributed by atoms with Gasteiger partial charge in [-0.3, -0.25) is 4.79 Å². The van der Waals surface area contributed by atoms with Gasteiger partial charge in [-0.15, -0.1) is 0 Å². The molecule has 4 aliphatic carbocycles. The predicted molar refractivity (Wildman–Crippen MR) is 90.4 cm³/mol. The second kappa shape index (κ2) is 4.95. The molecule has 2 heteroatoms. The maximum Gasteiger partial charge on any atom is 0.137 e. The highest BCUT2D eigenvalue weighted by Crippen LogP contribution is 2.65. The van der Waals surface area contributed by atoms with Crippen LogP contribution in [0.15, 0.2) is 11.6 Å². The third-order valence-corrected chi connectivity index (χ3v) is 8.32. The summed E-state index contributed by atoms with van der Waals surface area (Å²) in [6.07, 6.45) is 10.1. The monoisotopic (exact) mass is 311 g/mol. The third kappa shape index (κ3) is 1.95. The van der Waals surface area contributed by atoms with Crippen molar-refractivity contribution in [1.82, 2.24) is 0 Å². The van der Waals surface area contributed by atoms with E-state index >= 15 is 0 Å². The standard InChI is InChI=1S/C21H29NO/c1-13-8-9-20(2)14(10-13)4-6-16-17-7-5-15(12-22)21(17,3)11-18(23)19(16)20/h5,13-14,16-17,19H,4,6-11H2,1-3H3/t13-,14+,16+,17+,19-,20+,21-/m1/s1. The Labute approximate surface area is 140 Å². The number of hydrogen-bond acceptors (Lipinski definition) is 2. The normalized spacial score (nSPS) is 52.0. The Morgan fingerprint density at radius 3 is 2.78 bits per heavy atom. The number of hydrogen-bond donors (Lipinski definition) is 0. The Hall–Kier alpha value is -1.10. The second-order valence-electron chi connectivity index (χ2n) is 9.43. The Kier molecular flexibility index (Phi) is 3.32. The average molecular weight is 311 g/mol. The van der Waals surface area contributed by atoms with Crippen LogP contribution in [-0.2, 0) is 4.79 Å². The van der Waals surface area contributed by atoms with E-state index in [2.05, 4.69) is 32.9 Å². The van der Waals surface area contributed by atoms with Crippen molar-refractivity contribution in [2.75, 3.05) is 0 Å². The van der Waals surface area contributed by atoms with Crippen LogP contribution >= 0.6 is 0 Å². The summed E-state index contributed by atoms with van der Waals surface area (Å²) in [6.45, 7) is 6.99. The highest BCUT2D eigenvalue weighted by atomic mass is 16.1. The number of carbonyl (C=O) groups excluding carboxylic acids is 1. The third-order valence-electron chi connectivity index (χ3n) is 8.32. The van der Waals surface area contributed by atoms with E-state index in [9.17, 15) is 10.1 Å². The van der Waals surface area contributed by atoms with Crippen molar-refractivity contribution >= 4 is 5.78 Å². The number of Topliss-reactive ketones (excluding diaryl/α,β-unsaturated/α-hetero) is 1. The molecule has 0 unspecified atom stereocenters. The fourth-order valence-corrected chi connectivity index (χ4v) is 7.04. The quantitative estimate of drug-likeness (QED) is 0.638. The molecule has 4 aliphatic rings. The van der Waals surface area contributed by atoms with E-state index in [1.807, 2.05) is 0 Å². The molecule has 0 amide bonds. The van der Waals surface area contributed by atoms with E-state index in [0.717, 1.165) is 23.8 Å². The van der Waals surface area contributed by atoms with E-state index in [4.69, 9.17) is 0 Å². The van der Waals surface area contributed by atoms with Crippen molar-refractivity contribution in [1.29, 1.82) is 5.26 Å². The molecule has 7 atom stereocenters. The van der Waals surface area contributed by atoms with Crippen LogP contribution in [0.3, 0.4) is 0 Å². The summed E-state index contributed by atoms with van der Waals surface area (Å²) in [5.74, 6) is 3.34. The highest BCUT2D eigenvalue weighted by molar-refractivity contribution is 5.85. The Morgan fingerprint density at radius 2 is 2.04 bits per heavy atom. The summed E-state index contributed by atoms with van der Waals surface area (Å²) in [5.41, 5.74) is 0.945. The van der Waals surface area contributed by atoms with Crippen LogP contribution < -0.4 is 0 Å². The first-order chi connectivity index (χ1) is 10.9. The summed E-state index contributed by atoms with van der Waals surface area (Å²) in [6, 6.07) is 2.40. The minimum atomic E-state index is -0.168. The lowest BCUT2D eigenvalue weighted by Crippen LogP contribution is -2.56. The number of fused-ring (bicyclic) bond motifs is 5. The van der Waals surface area contributed by atoms with Crippen LogP contribution in [0.5, 0.6) is 0 Å². The predicted octanol–water partition coefficient (Wildman–Crippen LogP) is 4.90. The zero-order valence-corrected chi connectivity index (χ0v) is 14.8. The van der Waals surface area contributed by atoms with Crippen LogP contribution in [-0.4, -0.2) is 5.78 Å². The molecule has 2 nitrogen and oxygen atoms in total. The molecule has 23 heavy (non-hydrogen) atoms. The van der Waals surface area contributed by atoms with Gasteiger partial charge < -0.3 is 0 Å². The molecular formula is C21H29NO. The van der Waals surface area contributed by atoms with Gasteiger partial charge in [0.15, 0.2) is 0 Å². The van der Waals surface area contributed by atoms with Crippen LogP contribution in [0.4, 0.5) is 0 Å². The fourth-order valence-electron chi connectivity index (χ4n) is 7.04. The Bertz CT molecular complexity index is 614. The van der Waals surface area contributed by atoms with Gasteiger partial charge in [-0.1, -0.05) is 33.3 Å². The minimum Gasteiger partial charge on any atom is -0.299 e. The van der Waals surface area contributed by atoms with Gasteiger partial charge in [0, 0.05) is 23.3 Å². The van der Waals surface area contributed by atoms with Gasteiger partial charge in [0.1, 0.15) is 5.78 Å². The lowest BCUT2D eigenvalue weighted by molar-refractivity contribution is -0.155. The molecule has 0 saturated heterocycles. The van der Waals surface area contributed by atoms with Crippen molar-refractivity contribution < 1.29 is 4.79 Å². The van der Waals surface area contributed by atoms with E-state index in [1.54, 1.807) is 0 Å². The van der Waals surface area contributed by atoms with Crippen molar-refractivity contribution in [2.45, 2.75) is 65.7 Å². The van der Waals surface area contributed by atoms with Gasteiger partial charge in [0.05, 0.1) is 6.07 Å². The Morgan fingerprint density at radius 1 is 1.26 bits per heavy atom. The molecule has 0 spiro atoms. The minimum absolute atomic E-state index is 0.168. The molecule has 0 heterocycles. The Balaban J connectivity index is 1.70. The van der Waals surface area contributed by atoms with Gasteiger partial charge >= 0.3 is 0 Å². The summed E-state index contributed by atoms with van der Waals surface area (Å²) in [7, 11) is 0. The van der Waals surface area contributed by atoms with Crippen LogP contribution in [0.25, 0.3) is 0 Å². The van der Waals surface area contributed by atoms with Gasteiger partial charge in [0.2, 0.25) is 0 Å². The van der Waals surface area contributed by atoms with Crippen molar-refractivity contribution in [3.05, 3.63) is 11.6 Å². The number of nitrogens with zero attached hydrogens (tertiary/aromatic N) is 1. The second-order valence-corrected chi connectivity index (χ2v) is 9.43. The largest absolute Gasteiger partial charge is 0.299 e. The maximum atomic E-state index is 13.2. The van der Waals surface area contributed by atoms with Crippen molar-refractivity contribution in [3.63, 3.8) is 0 Å². The molecule has 3 saturated carbocycles. The molecule has 0 N–H and O–H groups in total. The van der Waals surface area contributed by atoms with Gasteiger partial charge in [-0.2, -0.15) is 5.26 Å². The van der Waals surface area contributed by atoms with Crippen LogP contribution in [0.2, 0.25) is 0 Å². The molecule has 0 aliphatic heterocycles. The van der Waals surface area contributed by atoms with Crippen molar-refractivity contribution in [3.8, 4) is 6.07 Å². The smallest absolute Gasteiger partial charge is 0.137 e. The lowest BCUT2D eigenvalue weighted by atomic mass is 9.44. The van der Waals surface area contributed by atoms with E-state index in [0.29, 0.717) is 24.0 Å². The first-order valence-electron chi connectivity index (χ1n) is 9.53. The summed E-state index contributed by atoms with van der Waals surface area (Å²) in [4.78, 5) is 13.2. The molecule has 0 radical (unpaired) electrons. The SMILES string of the molecule is C[C@@H]1CC[C@@]2(C)[C@@H](CC[C@@H]3[C@@H]2C(=O)C[C@]2(C)C(C#N)=CC[C@@H]32)C1. The first kappa shape index (κ1) is 15.4. The van der Waals surface area contributed by atoms with Gasteiger partial charge in [-0.05, 0) is 61.2 Å². The summed E-state index contributed by atoms with van der Waals surface area (Å²) in [5, 5.41) is 9.49. The summed E-state index contributed by atoms with van der Waals surface area (Å²) < 4.78 is 0. The van der Waals surface area contributed by atoms with Crippen LogP contribution in [0.1, 0.15) is 65.7 Å². The lowest BCUT2D eigenvalue weighted by Gasteiger charge is -2.59. The molecular weight excluding hydrogens is 282 g/mol. The molecule has 0 aromatic carbocycles. The fraction of sp³-hybridized carbons (Fsp3) is 0.810. The zero-order chi connectivity index (χ0) is 16.4.